The number of nitrogens with zero attached hydrogens (tertiary/aromatic N) is 3. The smallest absolute Gasteiger partial charge is 0.161 e. The van der Waals surface area contributed by atoms with Crippen molar-refractivity contribution in [1.29, 1.82) is 0 Å². The molecule has 2 atom stereocenters. The maximum Gasteiger partial charge on any atom is 0.161 e. The Kier molecular flexibility index (Phi) is 4.00. The fourth-order valence-corrected chi connectivity index (χ4v) is 2.43. The van der Waals surface area contributed by atoms with Crippen molar-refractivity contribution in [3.05, 3.63) is 52.5 Å². The van der Waals surface area contributed by atoms with Crippen LogP contribution in [0.2, 0.25) is 0 Å². The number of aliphatic hydroxyl groups excluding tert-OH is 1. The fraction of sp³-hybridized carbons (Fsp3) is 0.333. The zero-order chi connectivity index (χ0) is 15.7. The summed E-state index contributed by atoms with van der Waals surface area (Å²) in [5, 5.41) is 15.8. The molecule has 2 aliphatic heterocycles. The predicted molar refractivity (Wildman–Crippen MR) is 83.7 cm³/mol. The van der Waals surface area contributed by atoms with Crippen LogP contribution in [0.1, 0.15) is 24.2 Å². The van der Waals surface area contributed by atoms with E-state index in [-0.39, 0.29) is 6.04 Å². The van der Waals surface area contributed by atoms with Crippen molar-refractivity contribution in [3.8, 4) is 0 Å². The number of hydrogen-bond acceptors (Lipinski definition) is 6. The molecule has 6 nitrogen and oxygen atoms in total. The Morgan fingerprint density at radius 1 is 1.41 bits per heavy atom. The van der Waals surface area contributed by atoms with Gasteiger partial charge in [0.05, 0.1) is 12.6 Å². The van der Waals surface area contributed by atoms with Gasteiger partial charge in [-0.2, -0.15) is 5.10 Å². The number of aliphatic hydroxyl groups is 1. The van der Waals surface area contributed by atoms with Crippen LogP contribution in [0, 0.1) is 6.92 Å². The summed E-state index contributed by atoms with van der Waals surface area (Å²) < 4.78 is 0. The lowest BCUT2D eigenvalue weighted by Crippen LogP contribution is -2.35. The Bertz CT molecular complexity index is 654. The van der Waals surface area contributed by atoms with Crippen molar-refractivity contribution in [2.75, 3.05) is 6.54 Å². The van der Waals surface area contributed by atoms with Gasteiger partial charge < -0.3 is 9.94 Å². The molecule has 0 saturated carbocycles. The van der Waals surface area contributed by atoms with Gasteiger partial charge in [-0.15, -0.1) is 5.48 Å². The first-order chi connectivity index (χ1) is 10.5. The molecule has 0 aromatic carbocycles. The van der Waals surface area contributed by atoms with Crippen LogP contribution in [0.5, 0.6) is 0 Å². The Morgan fingerprint density at radius 2 is 2.23 bits per heavy atom. The molecule has 112 valence electrons. The van der Waals surface area contributed by atoms with Gasteiger partial charge in [-0.3, -0.25) is 9.99 Å². The van der Waals surface area contributed by atoms with Gasteiger partial charge in [-0.25, -0.2) is 0 Å². The minimum absolute atomic E-state index is 0.112. The summed E-state index contributed by atoms with van der Waals surface area (Å²) in [5.41, 5.74) is 6.40. The molecular weight excluding hydrogens is 279 g/mol. The topological polar surface area (TPSA) is 70.0 Å². The van der Waals surface area contributed by atoms with Gasteiger partial charge in [0.25, 0.3) is 0 Å². The lowest BCUT2D eigenvalue weighted by Gasteiger charge is -2.27. The van der Waals surface area contributed by atoms with E-state index in [9.17, 15) is 5.11 Å². The highest BCUT2D eigenvalue weighted by molar-refractivity contribution is 6.33. The van der Waals surface area contributed by atoms with Gasteiger partial charge in [0.2, 0.25) is 0 Å². The average Bonchev–Trinajstić information content (AvgIpc) is 2.84. The highest BCUT2D eigenvalue weighted by Gasteiger charge is 2.29. The molecular formula is C15H17BN4O2. The zero-order valence-corrected chi connectivity index (χ0v) is 12.5. The molecule has 0 fully saturated rings. The number of hydrogen-bond donors (Lipinski definition) is 2. The summed E-state index contributed by atoms with van der Waals surface area (Å²) in [6, 6.07) is 3.86. The number of nitrogens with one attached hydrogen (secondary N) is 1. The van der Waals surface area contributed by atoms with Crippen LogP contribution >= 0.6 is 0 Å². The molecule has 2 radical (unpaired) electrons. The molecule has 3 heterocycles. The van der Waals surface area contributed by atoms with E-state index < -0.39 is 6.23 Å². The van der Waals surface area contributed by atoms with Gasteiger partial charge in [0.1, 0.15) is 13.6 Å². The molecule has 1 aromatic rings. The van der Waals surface area contributed by atoms with E-state index in [0.29, 0.717) is 12.0 Å². The number of aryl methyl sites for hydroxylation is 1. The summed E-state index contributed by atoms with van der Waals surface area (Å²) in [5.74, 6) is 0.774. The minimum atomic E-state index is -0.845. The third kappa shape index (κ3) is 2.91. The van der Waals surface area contributed by atoms with Gasteiger partial charge in [-0.05, 0) is 31.6 Å². The van der Waals surface area contributed by atoms with Crippen LogP contribution in [-0.2, 0) is 4.84 Å². The highest BCUT2D eigenvalue weighted by Crippen LogP contribution is 2.31. The number of pyridine rings is 1. The van der Waals surface area contributed by atoms with Crippen LogP contribution in [-0.4, -0.2) is 41.9 Å². The molecule has 0 bridgehead atoms. The number of aromatic nitrogens is 1. The van der Waals surface area contributed by atoms with Gasteiger partial charge in [-0.1, -0.05) is 11.5 Å². The summed E-state index contributed by atoms with van der Waals surface area (Å²) in [6.45, 7) is 4.26. The summed E-state index contributed by atoms with van der Waals surface area (Å²) in [4.78, 5) is 9.78. The van der Waals surface area contributed by atoms with E-state index in [1.807, 2.05) is 32.2 Å². The van der Waals surface area contributed by atoms with Crippen LogP contribution in [0.15, 0.2) is 46.3 Å². The van der Waals surface area contributed by atoms with Crippen molar-refractivity contribution < 1.29 is 9.94 Å². The monoisotopic (exact) mass is 296 g/mol. The fourth-order valence-electron chi connectivity index (χ4n) is 2.43. The third-order valence-electron chi connectivity index (χ3n) is 3.73. The maximum absolute atomic E-state index is 10.0. The lowest BCUT2D eigenvalue weighted by atomic mass is 9.95. The van der Waals surface area contributed by atoms with Crippen molar-refractivity contribution in [3.63, 3.8) is 0 Å². The van der Waals surface area contributed by atoms with E-state index in [2.05, 4.69) is 15.6 Å². The van der Waals surface area contributed by atoms with Gasteiger partial charge >= 0.3 is 0 Å². The number of allylic oxidation sites excluding steroid dienone is 2. The maximum atomic E-state index is 10.0. The second-order valence-corrected chi connectivity index (χ2v) is 5.39. The molecule has 2 aliphatic rings. The third-order valence-corrected chi connectivity index (χ3v) is 3.73. The van der Waals surface area contributed by atoms with Crippen LogP contribution in [0.25, 0.3) is 0 Å². The van der Waals surface area contributed by atoms with Crippen molar-refractivity contribution in [1.82, 2.24) is 15.5 Å². The van der Waals surface area contributed by atoms with E-state index in [1.165, 1.54) is 6.21 Å². The SMILES string of the molecule is [B]C1=CC(O)N(CC2=C(C)ONC2c2ccc(C)nc2)N=C1. The summed E-state index contributed by atoms with van der Waals surface area (Å²) in [7, 11) is 5.62. The van der Waals surface area contributed by atoms with Crippen LogP contribution in [0.4, 0.5) is 0 Å². The quantitative estimate of drug-likeness (QED) is 0.811. The molecule has 1 aromatic heterocycles. The molecule has 22 heavy (non-hydrogen) atoms. The molecule has 2 unspecified atom stereocenters. The van der Waals surface area contributed by atoms with Crippen LogP contribution < -0.4 is 5.48 Å². The molecule has 2 N–H and O–H groups in total. The highest BCUT2D eigenvalue weighted by atomic mass is 16.7. The molecule has 0 amide bonds. The first kappa shape index (κ1) is 14.8. The number of hydroxylamine groups is 1. The van der Waals surface area contributed by atoms with E-state index in [1.54, 1.807) is 11.1 Å². The number of hydrazone groups is 1. The van der Waals surface area contributed by atoms with Gasteiger partial charge in [0.15, 0.2) is 6.23 Å². The normalized spacial score (nSPS) is 24.5. The Labute approximate surface area is 130 Å². The summed E-state index contributed by atoms with van der Waals surface area (Å²) >= 11 is 0. The van der Waals surface area contributed by atoms with E-state index >= 15 is 0 Å². The summed E-state index contributed by atoms with van der Waals surface area (Å²) in [6.07, 6.45) is 4.05. The predicted octanol–water partition coefficient (Wildman–Crippen LogP) is 0.912. The van der Waals surface area contributed by atoms with E-state index in [4.69, 9.17) is 12.7 Å². The zero-order valence-electron chi connectivity index (χ0n) is 12.5. The second kappa shape index (κ2) is 5.94. The minimum Gasteiger partial charge on any atom is -0.412 e. The molecule has 0 spiro atoms. The van der Waals surface area contributed by atoms with Crippen LogP contribution in [0.3, 0.4) is 0 Å². The molecule has 3 rings (SSSR count). The van der Waals surface area contributed by atoms with Crippen molar-refractivity contribution >= 4 is 14.1 Å². The average molecular weight is 296 g/mol. The standard InChI is InChI=1S/C15H17BN4O2/c1-9-3-4-11(6-17-9)15-13(10(2)22-19-15)8-20-14(21)5-12(16)7-18-20/h3-7,14-15,19,21H,8H2,1-2H3. The van der Waals surface area contributed by atoms with Crippen molar-refractivity contribution in [2.45, 2.75) is 26.1 Å². The Balaban J connectivity index is 1.80. The number of rotatable bonds is 3. The van der Waals surface area contributed by atoms with E-state index in [0.717, 1.165) is 22.6 Å². The van der Waals surface area contributed by atoms with Crippen molar-refractivity contribution in [2.24, 2.45) is 5.10 Å². The van der Waals surface area contributed by atoms with Gasteiger partial charge in [0, 0.05) is 23.7 Å². The molecule has 0 saturated heterocycles. The molecule has 0 aliphatic carbocycles. The lowest BCUT2D eigenvalue weighted by molar-refractivity contribution is 0.0485. The Hall–Kier alpha value is -2.12. The molecule has 7 heteroatoms. The largest absolute Gasteiger partial charge is 0.412 e. The second-order valence-electron chi connectivity index (χ2n) is 5.39. The Morgan fingerprint density at radius 3 is 2.91 bits per heavy atom. The first-order valence-corrected chi connectivity index (χ1v) is 7.05. The first-order valence-electron chi connectivity index (χ1n) is 7.05.